The van der Waals surface area contributed by atoms with Crippen molar-refractivity contribution in [3.8, 4) is 0 Å². The molecule has 21 heavy (non-hydrogen) atoms. The van der Waals surface area contributed by atoms with Crippen molar-refractivity contribution in [2.24, 2.45) is 5.92 Å². The van der Waals surface area contributed by atoms with Crippen LogP contribution in [-0.2, 0) is 14.9 Å². The van der Waals surface area contributed by atoms with E-state index in [4.69, 9.17) is 16.3 Å². The standard InChI is InChI=1S/C14H21ClN2O3S/c1-17(2)21(18,19)16-9-14(20-10-11-3-4-11)12-5-7-13(15)8-6-12/h5-8,11,14,16H,3-4,9-10H2,1-2H3. The molecule has 118 valence electrons. The van der Waals surface area contributed by atoms with Crippen LogP contribution in [0.1, 0.15) is 24.5 Å². The molecule has 2 rings (SSSR count). The summed E-state index contributed by atoms with van der Waals surface area (Å²) in [5, 5.41) is 0.647. The summed E-state index contributed by atoms with van der Waals surface area (Å²) in [7, 11) is -0.474. The Bertz CT molecular complexity index is 556. The first-order chi connectivity index (χ1) is 9.88. The molecule has 1 atom stereocenters. The van der Waals surface area contributed by atoms with Gasteiger partial charge in [-0.1, -0.05) is 23.7 Å². The minimum absolute atomic E-state index is 0.203. The summed E-state index contributed by atoms with van der Waals surface area (Å²) in [5.41, 5.74) is 0.918. The van der Waals surface area contributed by atoms with E-state index < -0.39 is 10.2 Å². The summed E-state index contributed by atoms with van der Waals surface area (Å²) in [6, 6.07) is 7.29. The van der Waals surface area contributed by atoms with Gasteiger partial charge in [-0.3, -0.25) is 0 Å². The van der Waals surface area contributed by atoms with Crippen molar-refractivity contribution >= 4 is 21.8 Å². The topological polar surface area (TPSA) is 58.6 Å². The SMILES string of the molecule is CN(C)S(=O)(=O)NCC(OCC1CC1)c1ccc(Cl)cc1. The average molecular weight is 333 g/mol. The molecule has 1 unspecified atom stereocenters. The second kappa shape index (κ2) is 7.07. The Labute approximate surface area is 131 Å². The normalized spacial score (nSPS) is 17.1. The van der Waals surface area contributed by atoms with Crippen LogP contribution in [0.3, 0.4) is 0 Å². The zero-order chi connectivity index (χ0) is 15.5. The van der Waals surface area contributed by atoms with Crippen LogP contribution in [0.25, 0.3) is 0 Å². The Morgan fingerprint density at radius 2 is 1.95 bits per heavy atom. The zero-order valence-corrected chi connectivity index (χ0v) is 13.8. The van der Waals surface area contributed by atoms with Crippen molar-refractivity contribution in [1.29, 1.82) is 0 Å². The number of hydrogen-bond donors (Lipinski definition) is 1. The lowest BCUT2D eigenvalue weighted by molar-refractivity contribution is 0.0485. The molecule has 0 bridgehead atoms. The largest absolute Gasteiger partial charge is 0.372 e. The smallest absolute Gasteiger partial charge is 0.279 e. The molecule has 1 aromatic carbocycles. The van der Waals surface area contributed by atoms with E-state index in [1.807, 2.05) is 12.1 Å². The fourth-order valence-corrected chi connectivity index (χ4v) is 2.54. The molecule has 0 spiro atoms. The predicted molar refractivity (Wildman–Crippen MR) is 83.5 cm³/mol. The second-order valence-corrected chi connectivity index (χ2v) is 7.86. The number of ether oxygens (including phenoxy) is 1. The highest BCUT2D eigenvalue weighted by Gasteiger charge is 2.25. The Balaban J connectivity index is 2.02. The van der Waals surface area contributed by atoms with E-state index in [1.54, 1.807) is 12.1 Å². The highest BCUT2D eigenvalue weighted by molar-refractivity contribution is 7.87. The van der Waals surface area contributed by atoms with Crippen LogP contribution >= 0.6 is 11.6 Å². The van der Waals surface area contributed by atoms with E-state index in [0.717, 1.165) is 9.87 Å². The monoisotopic (exact) mass is 332 g/mol. The van der Waals surface area contributed by atoms with Gasteiger partial charge in [0.05, 0.1) is 12.7 Å². The van der Waals surface area contributed by atoms with Gasteiger partial charge in [-0.05, 0) is 36.5 Å². The lowest BCUT2D eigenvalue weighted by Gasteiger charge is -2.20. The Morgan fingerprint density at radius 3 is 2.48 bits per heavy atom. The van der Waals surface area contributed by atoms with Crippen molar-refractivity contribution in [1.82, 2.24) is 9.03 Å². The molecule has 1 saturated carbocycles. The minimum atomic E-state index is -3.46. The van der Waals surface area contributed by atoms with Crippen molar-refractivity contribution in [2.45, 2.75) is 18.9 Å². The average Bonchev–Trinajstić information content (AvgIpc) is 3.24. The molecule has 5 nitrogen and oxygen atoms in total. The molecule has 1 aromatic rings. The van der Waals surface area contributed by atoms with Crippen LogP contribution < -0.4 is 4.72 Å². The number of rotatable bonds is 8. The molecule has 0 saturated heterocycles. The van der Waals surface area contributed by atoms with Crippen molar-refractivity contribution in [2.75, 3.05) is 27.2 Å². The molecule has 1 aliphatic carbocycles. The molecule has 0 aliphatic heterocycles. The number of nitrogens with zero attached hydrogens (tertiary/aromatic N) is 1. The van der Waals surface area contributed by atoms with Gasteiger partial charge in [0.1, 0.15) is 0 Å². The van der Waals surface area contributed by atoms with Crippen molar-refractivity contribution in [3.63, 3.8) is 0 Å². The molecule has 0 radical (unpaired) electrons. The van der Waals surface area contributed by atoms with E-state index in [-0.39, 0.29) is 12.6 Å². The summed E-state index contributed by atoms with van der Waals surface area (Å²) in [4.78, 5) is 0. The Hall–Kier alpha value is -0.660. The van der Waals surface area contributed by atoms with Gasteiger partial charge < -0.3 is 4.74 Å². The van der Waals surface area contributed by atoms with Crippen LogP contribution in [0.4, 0.5) is 0 Å². The molecule has 7 heteroatoms. The highest BCUT2D eigenvalue weighted by Crippen LogP contribution is 2.31. The number of halogens is 1. The molecule has 0 heterocycles. The van der Waals surface area contributed by atoms with Gasteiger partial charge in [0.25, 0.3) is 10.2 Å². The van der Waals surface area contributed by atoms with Gasteiger partial charge in [0, 0.05) is 25.7 Å². The van der Waals surface area contributed by atoms with E-state index >= 15 is 0 Å². The van der Waals surface area contributed by atoms with Gasteiger partial charge >= 0.3 is 0 Å². The first-order valence-corrected chi connectivity index (χ1v) is 8.74. The van der Waals surface area contributed by atoms with Crippen LogP contribution in [0.15, 0.2) is 24.3 Å². The lowest BCUT2D eigenvalue weighted by atomic mass is 10.1. The van der Waals surface area contributed by atoms with E-state index in [9.17, 15) is 8.42 Å². The maximum absolute atomic E-state index is 11.8. The molecular formula is C14H21ClN2O3S. The molecule has 0 aromatic heterocycles. The Morgan fingerprint density at radius 1 is 1.33 bits per heavy atom. The minimum Gasteiger partial charge on any atom is -0.372 e. The van der Waals surface area contributed by atoms with E-state index in [0.29, 0.717) is 17.5 Å². The summed E-state index contributed by atoms with van der Waals surface area (Å²) < 4.78 is 33.2. The number of benzene rings is 1. The van der Waals surface area contributed by atoms with Gasteiger partial charge in [-0.2, -0.15) is 17.4 Å². The van der Waals surface area contributed by atoms with Gasteiger partial charge in [0.2, 0.25) is 0 Å². The van der Waals surface area contributed by atoms with Gasteiger partial charge in [-0.15, -0.1) is 0 Å². The third kappa shape index (κ3) is 5.23. The fourth-order valence-electron chi connectivity index (χ4n) is 1.80. The van der Waals surface area contributed by atoms with Crippen LogP contribution in [-0.4, -0.2) is 40.0 Å². The lowest BCUT2D eigenvalue weighted by Crippen LogP contribution is -2.38. The van der Waals surface area contributed by atoms with E-state index in [1.165, 1.54) is 26.9 Å². The van der Waals surface area contributed by atoms with Crippen LogP contribution in [0, 0.1) is 5.92 Å². The first-order valence-electron chi connectivity index (χ1n) is 6.92. The molecule has 1 N–H and O–H groups in total. The quantitative estimate of drug-likeness (QED) is 0.794. The molecule has 0 amide bonds. The fraction of sp³-hybridized carbons (Fsp3) is 0.571. The second-order valence-electron chi connectivity index (χ2n) is 5.45. The molecule has 1 fully saturated rings. The van der Waals surface area contributed by atoms with E-state index in [2.05, 4.69) is 4.72 Å². The maximum atomic E-state index is 11.8. The summed E-state index contributed by atoms with van der Waals surface area (Å²) in [6.45, 7) is 0.867. The molecular weight excluding hydrogens is 312 g/mol. The van der Waals surface area contributed by atoms with Crippen LogP contribution in [0.5, 0.6) is 0 Å². The maximum Gasteiger partial charge on any atom is 0.279 e. The summed E-state index contributed by atoms with van der Waals surface area (Å²) in [6.07, 6.45) is 2.07. The third-order valence-electron chi connectivity index (χ3n) is 3.40. The van der Waals surface area contributed by atoms with Crippen molar-refractivity contribution in [3.05, 3.63) is 34.9 Å². The number of hydrogen-bond acceptors (Lipinski definition) is 3. The van der Waals surface area contributed by atoms with Crippen molar-refractivity contribution < 1.29 is 13.2 Å². The van der Waals surface area contributed by atoms with Gasteiger partial charge in [-0.25, -0.2) is 0 Å². The number of nitrogens with one attached hydrogen (secondary N) is 1. The summed E-state index contributed by atoms with van der Waals surface area (Å²) in [5.74, 6) is 0.616. The molecule has 1 aliphatic rings. The highest BCUT2D eigenvalue weighted by atomic mass is 35.5. The predicted octanol–water partition coefficient (Wildman–Crippen LogP) is 2.20. The van der Waals surface area contributed by atoms with Gasteiger partial charge in [0.15, 0.2) is 0 Å². The summed E-state index contributed by atoms with van der Waals surface area (Å²) >= 11 is 5.89. The van der Waals surface area contributed by atoms with Crippen LogP contribution in [0.2, 0.25) is 5.02 Å². The third-order valence-corrected chi connectivity index (χ3v) is 5.15. The zero-order valence-electron chi connectivity index (χ0n) is 12.3. The first kappa shape index (κ1) is 16.7. The Kier molecular flexibility index (Phi) is 5.62.